The summed E-state index contributed by atoms with van der Waals surface area (Å²) in [7, 11) is 0. The molecule has 0 atom stereocenters. The second kappa shape index (κ2) is 5.55. The number of amides is 1. The van der Waals surface area contributed by atoms with Crippen LogP contribution in [0.2, 0.25) is 0 Å². The van der Waals surface area contributed by atoms with Crippen LogP contribution in [0.5, 0.6) is 0 Å². The van der Waals surface area contributed by atoms with Crippen LogP contribution in [0.1, 0.15) is 0 Å². The van der Waals surface area contributed by atoms with Gasteiger partial charge in [-0.15, -0.1) is 0 Å². The lowest BCUT2D eigenvalue weighted by atomic mass is 10.5. The fourth-order valence-electron chi connectivity index (χ4n) is 0.376. The van der Waals surface area contributed by atoms with E-state index in [2.05, 4.69) is 10.7 Å². The molecular formula is C6H9N3O. The molecule has 54 valence electrons. The maximum atomic E-state index is 8.58. The van der Waals surface area contributed by atoms with E-state index in [1.807, 2.05) is 12.1 Å². The van der Waals surface area contributed by atoms with Crippen molar-refractivity contribution in [1.29, 1.82) is 0 Å². The lowest BCUT2D eigenvalue weighted by molar-refractivity contribution is -0.106. The number of nitrogens with two attached hydrogens (primary N) is 2. The molecule has 4 N–H and O–H groups in total. The smallest absolute Gasteiger partial charge is 0.204 e. The summed E-state index contributed by atoms with van der Waals surface area (Å²) in [5.74, 6) is 0.572. The maximum Gasteiger partial charge on any atom is 0.204 e. The van der Waals surface area contributed by atoms with Crippen LogP contribution in [0.4, 0.5) is 5.82 Å². The number of rotatable bonds is 0. The molecule has 1 heterocycles. The largest absolute Gasteiger partial charge is 0.384 e. The Kier molecular flexibility index (Phi) is 4.68. The molecule has 0 unspecified atom stereocenters. The molecule has 0 aliphatic rings. The highest BCUT2D eigenvalue weighted by atomic mass is 16.1. The van der Waals surface area contributed by atoms with Crippen molar-refractivity contribution in [1.82, 2.24) is 4.98 Å². The first-order chi connectivity index (χ1) is 4.81. The van der Waals surface area contributed by atoms with Gasteiger partial charge in [0.25, 0.3) is 0 Å². The molecule has 0 aromatic carbocycles. The van der Waals surface area contributed by atoms with E-state index in [1.165, 1.54) is 0 Å². The van der Waals surface area contributed by atoms with Gasteiger partial charge in [0, 0.05) is 6.20 Å². The van der Waals surface area contributed by atoms with E-state index in [1.54, 1.807) is 12.3 Å². The minimum Gasteiger partial charge on any atom is -0.384 e. The Morgan fingerprint density at radius 2 is 2.10 bits per heavy atom. The van der Waals surface area contributed by atoms with Crippen molar-refractivity contribution in [3.05, 3.63) is 24.4 Å². The van der Waals surface area contributed by atoms with Crippen molar-refractivity contribution in [3.8, 4) is 0 Å². The molecule has 1 amide bonds. The molecule has 0 saturated heterocycles. The summed E-state index contributed by atoms with van der Waals surface area (Å²) in [6.07, 6.45) is 1.91. The van der Waals surface area contributed by atoms with Gasteiger partial charge < -0.3 is 11.5 Å². The second-order valence-electron chi connectivity index (χ2n) is 1.39. The fraction of sp³-hybridized carbons (Fsp3) is 0. The number of hydrogen-bond donors (Lipinski definition) is 2. The van der Waals surface area contributed by atoms with Gasteiger partial charge in [-0.3, -0.25) is 4.79 Å². The Morgan fingerprint density at radius 3 is 2.30 bits per heavy atom. The Balaban J connectivity index is 0.000000236. The molecule has 10 heavy (non-hydrogen) atoms. The topological polar surface area (TPSA) is 82.0 Å². The van der Waals surface area contributed by atoms with E-state index < -0.39 is 0 Å². The highest BCUT2D eigenvalue weighted by Gasteiger charge is 1.73. The number of hydrogen-bond acceptors (Lipinski definition) is 3. The summed E-state index contributed by atoms with van der Waals surface area (Å²) in [6, 6.07) is 5.43. The second-order valence-corrected chi connectivity index (χ2v) is 1.39. The predicted molar refractivity (Wildman–Crippen MR) is 38.9 cm³/mol. The number of nitrogens with zero attached hydrogens (tertiary/aromatic N) is 1. The third-order valence-corrected chi connectivity index (χ3v) is 0.688. The number of pyridine rings is 1. The Bertz CT molecular complexity index is 176. The van der Waals surface area contributed by atoms with Crippen LogP contribution in [0.15, 0.2) is 24.4 Å². The molecule has 0 bridgehead atoms. The monoisotopic (exact) mass is 139 g/mol. The van der Waals surface area contributed by atoms with Gasteiger partial charge in [-0.05, 0) is 12.1 Å². The van der Waals surface area contributed by atoms with Crippen LogP contribution < -0.4 is 11.5 Å². The van der Waals surface area contributed by atoms with Crippen molar-refractivity contribution >= 4 is 12.2 Å². The Labute approximate surface area is 58.9 Å². The fourth-order valence-corrected chi connectivity index (χ4v) is 0.376. The molecule has 0 aliphatic heterocycles. The van der Waals surface area contributed by atoms with Gasteiger partial charge in [0.2, 0.25) is 6.41 Å². The molecule has 1 aromatic rings. The van der Waals surface area contributed by atoms with Crippen LogP contribution in [0.25, 0.3) is 0 Å². The predicted octanol–water partition coefficient (Wildman–Crippen LogP) is -0.235. The van der Waals surface area contributed by atoms with E-state index in [0.29, 0.717) is 5.82 Å². The van der Waals surface area contributed by atoms with Crippen molar-refractivity contribution < 1.29 is 4.79 Å². The summed E-state index contributed by atoms with van der Waals surface area (Å²) < 4.78 is 0. The first-order valence-corrected chi connectivity index (χ1v) is 2.63. The lowest BCUT2D eigenvalue weighted by Crippen LogP contribution is -1.85. The van der Waals surface area contributed by atoms with E-state index in [-0.39, 0.29) is 6.41 Å². The van der Waals surface area contributed by atoms with E-state index in [9.17, 15) is 0 Å². The number of carbonyl (C=O) groups excluding carboxylic acids is 1. The van der Waals surface area contributed by atoms with Crippen molar-refractivity contribution in [2.75, 3.05) is 5.73 Å². The molecule has 0 saturated carbocycles. The average molecular weight is 139 g/mol. The van der Waals surface area contributed by atoms with Gasteiger partial charge in [0.05, 0.1) is 0 Å². The van der Waals surface area contributed by atoms with E-state index >= 15 is 0 Å². The number of carbonyl (C=O) groups is 1. The summed E-state index contributed by atoms with van der Waals surface area (Å²) in [4.78, 5) is 12.3. The SMILES string of the molecule is NC=O.Nc1ccccn1. The number of primary amides is 1. The van der Waals surface area contributed by atoms with Gasteiger partial charge in [0.15, 0.2) is 0 Å². The van der Waals surface area contributed by atoms with Crippen molar-refractivity contribution in [2.24, 2.45) is 5.73 Å². The standard InChI is InChI=1S/C5H6N2.CH3NO/c6-5-3-1-2-4-7-5;2-1-3/h1-4H,(H2,6,7);1H,(H2,2,3). The van der Waals surface area contributed by atoms with Crippen LogP contribution in [0, 0.1) is 0 Å². The summed E-state index contributed by atoms with van der Waals surface area (Å²) in [5.41, 5.74) is 9.41. The van der Waals surface area contributed by atoms with Gasteiger partial charge in [-0.1, -0.05) is 6.07 Å². The molecule has 0 fully saturated rings. The summed E-state index contributed by atoms with van der Waals surface area (Å²) in [6.45, 7) is 0. The van der Waals surface area contributed by atoms with Gasteiger partial charge in [-0.2, -0.15) is 0 Å². The van der Waals surface area contributed by atoms with Gasteiger partial charge in [-0.25, -0.2) is 4.98 Å². The van der Waals surface area contributed by atoms with Crippen LogP contribution in [-0.4, -0.2) is 11.4 Å². The quantitative estimate of drug-likeness (QED) is 0.487. The van der Waals surface area contributed by atoms with Crippen molar-refractivity contribution in [3.63, 3.8) is 0 Å². The molecule has 4 nitrogen and oxygen atoms in total. The molecule has 4 heteroatoms. The Hall–Kier alpha value is -1.58. The number of anilines is 1. The average Bonchev–Trinajstić information content (AvgIpc) is 1.91. The zero-order valence-electron chi connectivity index (χ0n) is 5.40. The highest BCUT2D eigenvalue weighted by Crippen LogP contribution is 1.89. The molecular weight excluding hydrogens is 130 g/mol. The number of aromatic nitrogens is 1. The molecule has 1 aromatic heterocycles. The van der Waals surface area contributed by atoms with E-state index in [4.69, 9.17) is 10.5 Å². The minimum atomic E-state index is 0.250. The lowest BCUT2D eigenvalue weighted by Gasteiger charge is -1.82. The summed E-state index contributed by atoms with van der Waals surface area (Å²) >= 11 is 0. The number of nitrogen functional groups attached to an aromatic ring is 1. The first-order valence-electron chi connectivity index (χ1n) is 2.63. The first kappa shape index (κ1) is 8.42. The van der Waals surface area contributed by atoms with Crippen LogP contribution in [0.3, 0.4) is 0 Å². The normalized spacial score (nSPS) is 7.20. The minimum absolute atomic E-state index is 0.250. The van der Waals surface area contributed by atoms with Crippen LogP contribution >= 0.6 is 0 Å². The zero-order chi connectivity index (χ0) is 7.82. The van der Waals surface area contributed by atoms with E-state index in [0.717, 1.165) is 0 Å². The molecule has 0 aliphatic carbocycles. The molecule has 1 rings (SSSR count). The van der Waals surface area contributed by atoms with Crippen molar-refractivity contribution in [2.45, 2.75) is 0 Å². The Morgan fingerprint density at radius 1 is 1.50 bits per heavy atom. The highest BCUT2D eigenvalue weighted by molar-refractivity contribution is 5.42. The van der Waals surface area contributed by atoms with Gasteiger partial charge in [0.1, 0.15) is 5.82 Å². The third-order valence-electron chi connectivity index (χ3n) is 0.688. The van der Waals surface area contributed by atoms with Gasteiger partial charge >= 0.3 is 0 Å². The molecule has 0 radical (unpaired) electrons. The maximum absolute atomic E-state index is 8.58. The van der Waals surface area contributed by atoms with Crippen LogP contribution in [-0.2, 0) is 4.79 Å². The summed E-state index contributed by atoms with van der Waals surface area (Å²) in [5, 5.41) is 0. The molecule has 0 spiro atoms. The zero-order valence-corrected chi connectivity index (χ0v) is 5.40. The third kappa shape index (κ3) is 4.58.